The van der Waals surface area contributed by atoms with Crippen LogP contribution in [0.3, 0.4) is 0 Å². The summed E-state index contributed by atoms with van der Waals surface area (Å²) >= 11 is 12.3. The van der Waals surface area contributed by atoms with E-state index in [9.17, 15) is 9.59 Å². The number of carbonyl (C=O) groups excluding carboxylic acids is 2. The molecule has 0 heterocycles. The number of hydrogen-bond donors (Lipinski definition) is 1. The summed E-state index contributed by atoms with van der Waals surface area (Å²) in [6.07, 6.45) is 0. The number of hydrogen-bond acceptors (Lipinski definition) is 3. The van der Waals surface area contributed by atoms with Crippen molar-refractivity contribution in [2.75, 3.05) is 6.61 Å². The number of nitrogens with one attached hydrogen (secondary N) is 1. The van der Waals surface area contributed by atoms with Gasteiger partial charge < -0.3 is 15.0 Å². The fourth-order valence-corrected chi connectivity index (χ4v) is 3.39. The summed E-state index contributed by atoms with van der Waals surface area (Å²) in [6, 6.07) is 10.0. The summed E-state index contributed by atoms with van der Waals surface area (Å²) in [6.45, 7) is 9.34. The van der Waals surface area contributed by atoms with Crippen LogP contribution in [-0.4, -0.2) is 35.4 Å². The molecule has 0 bridgehead atoms. The molecule has 7 heteroatoms. The van der Waals surface area contributed by atoms with E-state index in [-0.39, 0.29) is 31.0 Å². The first-order valence-corrected chi connectivity index (χ1v) is 10.6. The van der Waals surface area contributed by atoms with Gasteiger partial charge in [-0.25, -0.2) is 0 Å². The van der Waals surface area contributed by atoms with Gasteiger partial charge in [0.25, 0.3) is 5.91 Å². The highest BCUT2D eigenvalue weighted by Crippen LogP contribution is 2.24. The molecule has 0 saturated heterocycles. The molecule has 2 rings (SSSR count). The van der Waals surface area contributed by atoms with Gasteiger partial charge in [-0.15, -0.1) is 0 Å². The zero-order valence-corrected chi connectivity index (χ0v) is 19.5. The lowest BCUT2D eigenvalue weighted by Crippen LogP contribution is -2.50. The highest BCUT2D eigenvalue weighted by molar-refractivity contribution is 6.35. The van der Waals surface area contributed by atoms with E-state index in [2.05, 4.69) is 5.32 Å². The monoisotopic (exact) mass is 450 g/mol. The molecule has 0 aliphatic heterocycles. The van der Waals surface area contributed by atoms with E-state index in [1.54, 1.807) is 25.1 Å². The summed E-state index contributed by atoms with van der Waals surface area (Å²) in [5.74, 6) is 0.0932. The van der Waals surface area contributed by atoms with Crippen LogP contribution in [0, 0.1) is 13.8 Å². The largest absolute Gasteiger partial charge is 0.483 e. The fourth-order valence-electron chi connectivity index (χ4n) is 2.92. The van der Waals surface area contributed by atoms with Crippen LogP contribution in [0.2, 0.25) is 10.0 Å². The summed E-state index contributed by atoms with van der Waals surface area (Å²) < 4.78 is 5.78. The van der Waals surface area contributed by atoms with Gasteiger partial charge in [-0.2, -0.15) is 0 Å². The van der Waals surface area contributed by atoms with E-state index >= 15 is 0 Å². The molecule has 0 aliphatic carbocycles. The van der Waals surface area contributed by atoms with Gasteiger partial charge in [0.05, 0.1) is 0 Å². The van der Waals surface area contributed by atoms with Gasteiger partial charge in [-0.1, -0.05) is 41.4 Å². The Bertz CT molecular complexity index is 915. The van der Waals surface area contributed by atoms with Gasteiger partial charge >= 0.3 is 0 Å². The average molecular weight is 451 g/mol. The van der Waals surface area contributed by atoms with Gasteiger partial charge in [-0.05, 0) is 69.5 Å². The summed E-state index contributed by atoms with van der Waals surface area (Å²) in [5, 5.41) is 3.79. The summed E-state index contributed by atoms with van der Waals surface area (Å²) in [4.78, 5) is 27.2. The van der Waals surface area contributed by atoms with Crippen LogP contribution in [0.15, 0.2) is 36.4 Å². The molecular formula is C23H28Cl2N2O3. The zero-order chi connectivity index (χ0) is 22.4. The van der Waals surface area contributed by atoms with E-state index in [1.807, 2.05) is 45.9 Å². The Morgan fingerprint density at radius 2 is 1.80 bits per heavy atom. The second-order valence-corrected chi connectivity index (χ2v) is 8.43. The molecule has 0 radical (unpaired) electrons. The van der Waals surface area contributed by atoms with Crippen molar-refractivity contribution < 1.29 is 14.3 Å². The van der Waals surface area contributed by atoms with Crippen molar-refractivity contribution in [1.29, 1.82) is 0 Å². The number of rotatable bonds is 8. The predicted octanol–water partition coefficient (Wildman–Crippen LogP) is 4.93. The van der Waals surface area contributed by atoms with Crippen LogP contribution in [0.5, 0.6) is 5.75 Å². The van der Waals surface area contributed by atoms with Crippen molar-refractivity contribution in [2.45, 2.75) is 53.2 Å². The molecule has 0 unspecified atom stereocenters. The van der Waals surface area contributed by atoms with Crippen LogP contribution < -0.4 is 10.1 Å². The van der Waals surface area contributed by atoms with Crippen molar-refractivity contribution in [3.8, 4) is 5.75 Å². The van der Waals surface area contributed by atoms with Gasteiger partial charge in [0.1, 0.15) is 11.8 Å². The van der Waals surface area contributed by atoms with E-state index in [1.165, 1.54) is 4.90 Å². The van der Waals surface area contributed by atoms with Crippen molar-refractivity contribution in [3.05, 3.63) is 63.1 Å². The van der Waals surface area contributed by atoms with Gasteiger partial charge in [-0.3, -0.25) is 9.59 Å². The van der Waals surface area contributed by atoms with Crippen LogP contribution in [0.1, 0.15) is 37.5 Å². The Morgan fingerprint density at radius 1 is 1.10 bits per heavy atom. The smallest absolute Gasteiger partial charge is 0.261 e. The molecule has 0 aromatic heterocycles. The summed E-state index contributed by atoms with van der Waals surface area (Å²) in [5.41, 5.74) is 2.75. The molecule has 2 aromatic rings. The standard InChI is InChI=1S/C23H28Cl2N2O3/c1-14(2)26-23(29)17(5)27(12-18-9-10-19(24)11-20(18)25)22(28)13-30-21-8-6-7-15(3)16(21)4/h6-11,14,17H,12-13H2,1-5H3,(H,26,29)/t17-/m0/s1. The number of carbonyl (C=O) groups is 2. The number of nitrogens with zero attached hydrogens (tertiary/aromatic N) is 1. The Balaban J connectivity index is 2.23. The third kappa shape index (κ3) is 6.38. The van der Waals surface area contributed by atoms with Crippen molar-refractivity contribution in [2.24, 2.45) is 0 Å². The average Bonchev–Trinajstić information content (AvgIpc) is 2.67. The quantitative estimate of drug-likeness (QED) is 0.619. The molecular weight excluding hydrogens is 423 g/mol. The molecule has 0 spiro atoms. The first kappa shape index (κ1) is 24.0. The lowest BCUT2D eigenvalue weighted by molar-refractivity contribution is -0.142. The Labute approximate surface area is 188 Å². The number of benzene rings is 2. The molecule has 162 valence electrons. The molecule has 2 aromatic carbocycles. The minimum Gasteiger partial charge on any atom is -0.483 e. The maximum atomic E-state index is 13.1. The van der Waals surface area contributed by atoms with Gasteiger partial charge in [0, 0.05) is 22.6 Å². The molecule has 2 amide bonds. The number of halogens is 2. The fraction of sp³-hybridized carbons (Fsp3) is 0.391. The maximum Gasteiger partial charge on any atom is 0.261 e. The first-order valence-electron chi connectivity index (χ1n) is 9.83. The molecule has 0 aliphatic rings. The van der Waals surface area contributed by atoms with Gasteiger partial charge in [0.15, 0.2) is 6.61 Å². The highest BCUT2D eigenvalue weighted by atomic mass is 35.5. The third-order valence-corrected chi connectivity index (χ3v) is 5.45. The molecule has 1 atom stereocenters. The lowest BCUT2D eigenvalue weighted by Gasteiger charge is -2.29. The Hall–Kier alpha value is -2.24. The molecule has 0 saturated carbocycles. The Morgan fingerprint density at radius 3 is 2.43 bits per heavy atom. The Kier molecular flexibility index (Phi) is 8.56. The van der Waals surface area contributed by atoms with Crippen LogP contribution in [-0.2, 0) is 16.1 Å². The van der Waals surface area contributed by atoms with Crippen molar-refractivity contribution in [3.63, 3.8) is 0 Å². The number of amides is 2. The zero-order valence-electron chi connectivity index (χ0n) is 18.0. The van der Waals surface area contributed by atoms with E-state index in [4.69, 9.17) is 27.9 Å². The number of ether oxygens (including phenoxy) is 1. The number of aryl methyl sites for hydroxylation is 1. The minimum atomic E-state index is -0.700. The third-order valence-electron chi connectivity index (χ3n) is 4.86. The minimum absolute atomic E-state index is 0.0396. The van der Waals surface area contributed by atoms with Gasteiger partial charge in [0.2, 0.25) is 5.91 Å². The van der Waals surface area contributed by atoms with Crippen molar-refractivity contribution >= 4 is 35.0 Å². The van der Waals surface area contributed by atoms with E-state index < -0.39 is 6.04 Å². The second-order valence-electron chi connectivity index (χ2n) is 7.58. The SMILES string of the molecule is Cc1cccc(OCC(=O)N(Cc2ccc(Cl)cc2Cl)[C@@H](C)C(=O)NC(C)C)c1C. The molecule has 5 nitrogen and oxygen atoms in total. The first-order chi connectivity index (χ1) is 14.1. The molecule has 30 heavy (non-hydrogen) atoms. The van der Waals surface area contributed by atoms with Crippen molar-refractivity contribution in [1.82, 2.24) is 10.2 Å². The lowest BCUT2D eigenvalue weighted by atomic mass is 10.1. The maximum absolute atomic E-state index is 13.1. The van der Waals surface area contributed by atoms with Crippen LogP contribution in [0.25, 0.3) is 0 Å². The summed E-state index contributed by atoms with van der Waals surface area (Å²) in [7, 11) is 0. The normalized spacial score (nSPS) is 11.9. The van der Waals surface area contributed by atoms with Crippen LogP contribution in [0.4, 0.5) is 0 Å². The highest BCUT2D eigenvalue weighted by Gasteiger charge is 2.27. The van der Waals surface area contributed by atoms with E-state index in [0.29, 0.717) is 21.4 Å². The van der Waals surface area contributed by atoms with Crippen LogP contribution >= 0.6 is 23.2 Å². The predicted molar refractivity (Wildman–Crippen MR) is 121 cm³/mol. The molecule has 0 fully saturated rings. The topological polar surface area (TPSA) is 58.6 Å². The van der Waals surface area contributed by atoms with E-state index in [0.717, 1.165) is 11.1 Å². The molecule has 1 N–H and O–H groups in total. The second kappa shape index (κ2) is 10.7.